The van der Waals surface area contributed by atoms with Crippen molar-refractivity contribution in [2.75, 3.05) is 11.9 Å². The van der Waals surface area contributed by atoms with E-state index in [0.29, 0.717) is 16.8 Å². The van der Waals surface area contributed by atoms with Crippen LogP contribution in [0.5, 0.6) is 0 Å². The molecule has 0 spiro atoms. The van der Waals surface area contributed by atoms with Crippen LogP contribution in [0.3, 0.4) is 0 Å². The Kier molecular flexibility index (Phi) is 5.24. The fourth-order valence-corrected chi connectivity index (χ4v) is 2.09. The number of rotatable bonds is 6. The van der Waals surface area contributed by atoms with Gasteiger partial charge in [0.2, 0.25) is 5.91 Å². The highest BCUT2D eigenvalue weighted by molar-refractivity contribution is 5.81. The number of anilines is 1. The number of nitrogens with zero attached hydrogens (tertiary/aromatic N) is 1. The lowest BCUT2D eigenvalue weighted by molar-refractivity contribution is -0.385. The number of amides is 1. The summed E-state index contributed by atoms with van der Waals surface area (Å²) in [4.78, 5) is 22.2. The van der Waals surface area contributed by atoms with E-state index in [1.807, 2.05) is 0 Å². The zero-order valence-corrected chi connectivity index (χ0v) is 12.5. The third-order valence-electron chi connectivity index (χ3n) is 3.38. The lowest BCUT2D eigenvalue weighted by atomic mass is 10.1. The van der Waals surface area contributed by atoms with Crippen LogP contribution in [0.25, 0.3) is 0 Å². The van der Waals surface area contributed by atoms with Gasteiger partial charge < -0.3 is 10.6 Å². The van der Waals surface area contributed by atoms with Crippen LogP contribution in [0.4, 0.5) is 15.8 Å². The summed E-state index contributed by atoms with van der Waals surface area (Å²) in [6.45, 7) is 1.63. The van der Waals surface area contributed by atoms with Gasteiger partial charge in [0.15, 0.2) is 0 Å². The van der Waals surface area contributed by atoms with E-state index in [2.05, 4.69) is 10.6 Å². The minimum absolute atomic E-state index is 0.0123. The van der Waals surface area contributed by atoms with Gasteiger partial charge >= 0.3 is 0 Å². The van der Waals surface area contributed by atoms with Crippen LogP contribution < -0.4 is 10.6 Å². The second kappa shape index (κ2) is 7.35. The van der Waals surface area contributed by atoms with Crippen LogP contribution in [0.1, 0.15) is 11.1 Å². The normalized spacial score (nSPS) is 10.2. The van der Waals surface area contributed by atoms with E-state index >= 15 is 0 Å². The molecule has 0 radical (unpaired) electrons. The molecule has 0 atom stereocenters. The third-order valence-corrected chi connectivity index (χ3v) is 3.38. The van der Waals surface area contributed by atoms with Gasteiger partial charge in [0, 0.05) is 29.4 Å². The molecule has 0 saturated heterocycles. The molecule has 2 rings (SSSR count). The quantitative estimate of drug-likeness (QED) is 0.634. The molecule has 0 saturated carbocycles. The van der Waals surface area contributed by atoms with Gasteiger partial charge in [-0.25, -0.2) is 4.39 Å². The summed E-state index contributed by atoms with van der Waals surface area (Å²) in [5, 5.41) is 16.3. The molecule has 2 aromatic rings. The van der Waals surface area contributed by atoms with E-state index in [0.717, 1.165) is 0 Å². The lowest BCUT2D eigenvalue weighted by Gasteiger charge is -2.10. The molecule has 23 heavy (non-hydrogen) atoms. The van der Waals surface area contributed by atoms with Crippen molar-refractivity contribution in [2.24, 2.45) is 0 Å². The number of halogens is 1. The lowest BCUT2D eigenvalue weighted by Crippen LogP contribution is -2.29. The zero-order valence-electron chi connectivity index (χ0n) is 12.5. The van der Waals surface area contributed by atoms with Crippen LogP contribution in [0, 0.1) is 22.9 Å². The Balaban J connectivity index is 1.91. The van der Waals surface area contributed by atoms with Crippen molar-refractivity contribution in [3.8, 4) is 0 Å². The summed E-state index contributed by atoms with van der Waals surface area (Å²) >= 11 is 0. The minimum atomic E-state index is -0.473. The Labute approximate surface area is 132 Å². The second-order valence-electron chi connectivity index (χ2n) is 4.93. The van der Waals surface area contributed by atoms with E-state index < -0.39 is 4.92 Å². The Morgan fingerprint density at radius 3 is 2.65 bits per heavy atom. The summed E-state index contributed by atoms with van der Waals surface area (Å²) in [7, 11) is 0. The SMILES string of the molecule is Cc1c(NCC(=O)NCc2ccccc2F)cccc1[N+](=O)[O-]. The largest absolute Gasteiger partial charge is 0.376 e. The van der Waals surface area contributed by atoms with Crippen molar-refractivity contribution >= 4 is 17.3 Å². The Morgan fingerprint density at radius 1 is 1.22 bits per heavy atom. The molecule has 1 amide bonds. The van der Waals surface area contributed by atoms with Crippen molar-refractivity contribution in [2.45, 2.75) is 13.5 Å². The van der Waals surface area contributed by atoms with E-state index in [9.17, 15) is 19.3 Å². The third kappa shape index (κ3) is 4.26. The molecular formula is C16H16FN3O3. The molecule has 0 heterocycles. The van der Waals surface area contributed by atoms with Crippen molar-refractivity contribution in [3.63, 3.8) is 0 Å². The first-order valence-corrected chi connectivity index (χ1v) is 6.97. The van der Waals surface area contributed by atoms with E-state index in [1.165, 1.54) is 12.1 Å². The topological polar surface area (TPSA) is 84.3 Å². The summed E-state index contributed by atoms with van der Waals surface area (Å²) in [5.41, 5.74) is 1.36. The molecule has 0 unspecified atom stereocenters. The monoisotopic (exact) mass is 317 g/mol. The number of carbonyl (C=O) groups excluding carboxylic acids is 1. The number of hydrogen-bond donors (Lipinski definition) is 2. The second-order valence-corrected chi connectivity index (χ2v) is 4.93. The van der Waals surface area contributed by atoms with Gasteiger partial charge in [-0.1, -0.05) is 24.3 Å². The number of nitro benzene ring substituents is 1. The first-order chi connectivity index (χ1) is 11.0. The minimum Gasteiger partial charge on any atom is -0.376 e. The summed E-state index contributed by atoms with van der Waals surface area (Å²) in [5.74, 6) is -0.713. The predicted molar refractivity (Wildman–Crippen MR) is 84.6 cm³/mol. The standard InChI is InChI=1S/C16H16FN3O3/c1-11-14(7-4-8-15(11)20(22)23)18-10-16(21)19-9-12-5-2-3-6-13(12)17/h2-8,18H,9-10H2,1H3,(H,19,21). The van der Waals surface area contributed by atoms with Gasteiger partial charge in [0.1, 0.15) is 5.82 Å². The molecular weight excluding hydrogens is 301 g/mol. The average molecular weight is 317 g/mol. The smallest absolute Gasteiger partial charge is 0.274 e. The number of nitro groups is 1. The molecule has 2 N–H and O–H groups in total. The van der Waals surface area contributed by atoms with Crippen molar-refractivity contribution in [1.82, 2.24) is 5.32 Å². The van der Waals surface area contributed by atoms with Crippen LogP contribution >= 0.6 is 0 Å². The number of carbonyl (C=O) groups is 1. The number of benzene rings is 2. The fraction of sp³-hybridized carbons (Fsp3) is 0.188. The molecule has 0 fully saturated rings. The molecule has 0 aromatic heterocycles. The number of hydrogen-bond acceptors (Lipinski definition) is 4. The Hall–Kier alpha value is -2.96. The maximum Gasteiger partial charge on any atom is 0.274 e. The van der Waals surface area contributed by atoms with Gasteiger partial charge in [-0.3, -0.25) is 14.9 Å². The molecule has 2 aromatic carbocycles. The van der Waals surface area contributed by atoms with Crippen LogP contribution in [-0.4, -0.2) is 17.4 Å². The average Bonchev–Trinajstić information content (AvgIpc) is 2.53. The highest BCUT2D eigenvalue weighted by Gasteiger charge is 2.13. The van der Waals surface area contributed by atoms with E-state index in [4.69, 9.17) is 0 Å². The number of nitrogens with one attached hydrogen (secondary N) is 2. The van der Waals surface area contributed by atoms with Gasteiger partial charge in [-0.2, -0.15) is 0 Å². The molecule has 0 aliphatic carbocycles. The Bertz CT molecular complexity index is 734. The van der Waals surface area contributed by atoms with Crippen molar-refractivity contribution in [3.05, 3.63) is 69.5 Å². The highest BCUT2D eigenvalue weighted by atomic mass is 19.1. The van der Waals surface area contributed by atoms with Crippen LogP contribution in [0.2, 0.25) is 0 Å². The maximum absolute atomic E-state index is 13.4. The maximum atomic E-state index is 13.4. The summed E-state index contributed by atoms with van der Waals surface area (Å²) in [6, 6.07) is 10.8. The first-order valence-electron chi connectivity index (χ1n) is 6.97. The van der Waals surface area contributed by atoms with Crippen LogP contribution in [0.15, 0.2) is 42.5 Å². The first kappa shape index (κ1) is 16.4. The van der Waals surface area contributed by atoms with Gasteiger partial charge in [0.25, 0.3) is 5.69 Å². The van der Waals surface area contributed by atoms with Gasteiger partial charge in [-0.15, -0.1) is 0 Å². The van der Waals surface area contributed by atoms with E-state index in [1.54, 1.807) is 37.3 Å². The van der Waals surface area contributed by atoms with E-state index in [-0.39, 0.29) is 30.5 Å². The molecule has 6 nitrogen and oxygen atoms in total. The molecule has 0 aliphatic heterocycles. The molecule has 0 aliphatic rings. The fourth-order valence-electron chi connectivity index (χ4n) is 2.09. The predicted octanol–water partition coefficient (Wildman–Crippen LogP) is 2.77. The van der Waals surface area contributed by atoms with Crippen molar-refractivity contribution < 1.29 is 14.1 Å². The summed E-state index contributed by atoms with van der Waals surface area (Å²) in [6.07, 6.45) is 0. The zero-order chi connectivity index (χ0) is 16.8. The Morgan fingerprint density at radius 2 is 1.96 bits per heavy atom. The van der Waals surface area contributed by atoms with Gasteiger partial charge in [0.05, 0.1) is 11.5 Å². The van der Waals surface area contributed by atoms with Crippen LogP contribution in [-0.2, 0) is 11.3 Å². The molecule has 7 heteroatoms. The molecule has 0 bridgehead atoms. The highest BCUT2D eigenvalue weighted by Crippen LogP contribution is 2.24. The van der Waals surface area contributed by atoms with Crippen molar-refractivity contribution in [1.29, 1.82) is 0 Å². The molecule has 120 valence electrons. The summed E-state index contributed by atoms with van der Waals surface area (Å²) < 4.78 is 13.4. The van der Waals surface area contributed by atoms with Gasteiger partial charge in [-0.05, 0) is 19.1 Å².